The molecule has 0 aliphatic heterocycles. The first-order valence-electron chi connectivity index (χ1n) is 7.32. The summed E-state index contributed by atoms with van der Waals surface area (Å²) in [6, 6.07) is 10.3. The summed E-state index contributed by atoms with van der Waals surface area (Å²) >= 11 is 0. The quantitative estimate of drug-likeness (QED) is 0.877. The molecule has 3 heteroatoms. The Balaban J connectivity index is 2.21. The Hall–Kier alpha value is -1.61. The summed E-state index contributed by atoms with van der Waals surface area (Å²) in [6.07, 6.45) is 4.93. The zero-order chi connectivity index (χ0) is 14.5. The van der Waals surface area contributed by atoms with Crippen molar-refractivity contribution in [2.45, 2.75) is 38.7 Å². The topological polar surface area (TPSA) is 38.1 Å². The predicted octanol–water partition coefficient (Wildman–Crippen LogP) is 3.15. The van der Waals surface area contributed by atoms with Gasteiger partial charge in [0, 0.05) is 31.8 Å². The lowest BCUT2D eigenvalue weighted by Gasteiger charge is -2.28. The van der Waals surface area contributed by atoms with Crippen molar-refractivity contribution in [1.29, 1.82) is 0 Å². The zero-order valence-electron chi connectivity index (χ0n) is 12.5. The number of aromatic nitrogens is 2. The molecule has 1 heterocycles. The Morgan fingerprint density at radius 3 is 2.50 bits per heavy atom. The van der Waals surface area contributed by atoms with Crippen molar-refractivity contribution < 1.29 is 5.11 Å². The van der Waals surface area contributed by atoms with Crippen molar-refractivity contribution in [2.75, 3.05) is 0 Å². The van der Waals surface area contributed by atoms with Gasteiger partial charge in [-0.05, 0) is 11.5 Å². The second-order valence-electron chi connectivity index (χ2n) is 5.55. The van der Waals surface area contributed by atoms with E-state index in [-0.39, 0.29) is 5.92 Å². The molecule has 0 fully saturated rings. The van der Waals surface area contributed by atoms with Gasteiger partial charge in [0.15, 0.2) is 0 Å². The fourth-order valence-corrected chi connectivity index (χ4v) is 2.77. The van der Waals surface area contributed by atoms with Crippen molar-refractivity contribution in [3.8, 4) is 0 Å². The van der Waals surface area contributed by atoms with Gasteiger partial charge in [0.2, 0.25) is 0 Å². The van der Waals surface area contributed by atoms with Crippen LogP contribution in [-0.4, -0.2) is 20.8 Å². The van der Waals surface area contributed by atoms with Crippen molar-refractivity contribution in [1.82, 2.24) is 9.55 Å². The van der Waals surface area contributed by atoms with Crippen molar-refractivity contribution >= 4 is 0 Å². The van der Waals surface area contributed by atoms with Gasteiger partial charge in [-0.15, -0.1) is 0 Å². The summed E-state index contributed by atoms with van der Waals surface area (Å²) in [4.78, 5) is 4.32. The summed E-state index contributed by atoms with van der Waals surface area (Å²) in [7, 11) is 1.97. The van der Waals surface area contributed by atoms with Gasteiger partial charge < -0.3 is 9.67 Å². The molecular formula is C17H24N2O. The van der Waals surface area contributed by atoms with Gasteiger partial charge in [0.1, 0.15) is 5.82 Å². The molecule has 0 saturated heterocycles. The summed E-state index contributed by atoms with van der Waals surface area (Å²) in [6.45, 7) is 4.38. The van der Waals surface area contributed by atoms with E-state index in [9.17, 15) is 5.11 Å². The van der Waals surface area contributed by atoms with Crippen LogP contribution in [0.5, 0.6) is 0 Å². The average molecular weight is 272 g/mol. The van der Waals surface area contributed by atoms with Crippen molar-refractivity contribution in [3.63, 3.8) is 0 Å². The molecular weight excluding hydrogens is 248 g/mol. The Labute approximate surface area is 121 Å². The lowest BCUT2D eigenvalue weighted by Crippen LogP contribution is -2.27. The molecule has 2 aromatic rings. The smallest absolute Gasteiger partial charge is 0.110 e. The van der Waals surface area contributed by atoms with Crippen LogP contribution in [0.15, 0.2) is 42.7 Å². The molecule has 1 aromatic heterocycles. The van der Waals surface area contributed by atoms with Crippen LogP contribution in [0, 0.1) is 5.92 Å². The van der Waals surface area contributed by atoms with Gasteiger partial charge in [-0.1, -0.05) is 50.6 Å². The van der Waals surface area contributed by atoms with Gasteiger partial charge in [-0.25, -0.2) is 4.98 Å². The number of rotatable bonds is 6. The molecule has 0 aliphatic rings. The molecule has 0 radical (unpaired) electrons. The maximum absolute atomic E-state index is 10.7. The molecule has 2 rings (SSSR count). The monoisotopic (exact) mass is 272 g/mol. The van der Waals surface area contributed by atoms with Gasteiger partial charge in [-0.2, -0.15) is 0 Å². The fraction of sp³-hybridized carbons (Fsp3) is 0.471. The van der Waals surface area contributed by atoms with E-state index >= 15 is 0 Å². The molecule has 0 amide bonds. The predicted molar refractivity (Wildman–Crippen MR) is 81.6 cm³/mol. The van der Waals surface area contributed by atoms with Crippen LogP contribution >= 0.6 is 0 Å². The number of hydrogen-bond acceptors (Lipinski definition) is 2. The van der Waals surface area contributed by atoms with E-state index in [2.05, 4.69) is 31.0 Å². The van der Waals surface area contributed by atoms with E-state index in [4.69, 9.17) is 0 Å². The van der Waals surface area contributed by atoms with Crippen LogP contribution in [0.3, 0.4) is 0 Å². The molecule has 0 aliphatic carbocycles. The van der Waals surface area contributed by atoms with Crippen LogP contribution in [0.1, 0.15) is 37.6 Å². The van der Waals surface area contributed by atoms with E-state index in [0.717, 1.165) is 12.2 Å². The maximum Gasteiger partial charge on any atom is 0.110 e. The number of imidazole rings is 1. The molecule has 1 N–H and O–H groups in total. The number of aryl methyl sites for hydroxylation is 1. The molecule has 108 valence electrons. The van der Waals surface area contributed by atoms with Crippen LogP contribution in [0.2, 0.25) is 0 Å². The highest BCUT2D eigenvalue weighted by Crippen LogP contribution is 2.31. The average Bonchev–Trinajstić information content (AvgIpc) is 2.85. The fourth-order valence-electron chi connectivity index (χ4n) is 2.77. The lowest BCUT2D eigenvalue weighted by atomic mass is 9.80. The minimum Gasteiger partial charge on any atom is -0.392 e. The van der Waals surface area contributed by atoms with Crippen molar-refractivity contribution in [2.24, 2.45) is 13.0 Å². The Morgan fingerprint density at radius 1 is 1.25 bits per heavy atom. The van der Waals surface area contributed by atoms with E-state index in [1.54, 1.807) is 6.20 Å². The van der Waals surface area contributed by atoms with Crippen LogP contribution in [0.25, 0.3) is 0 Å². The molecule has 3 nitrogen and oxygen atoms in total. The van der Waals surface area contributed by atoms with Crippen LogP contribution < -0.4 is 0 Å². The first-order chi connectivity index (χ1) is 9.63. The Kier molecular flexibility index (Phi) is 4.96. The number of nitrogens with zero attached hydrogens (tertiary/aromatic N) is 2. The Bertz CT molecular complexity index is 521. The van der Waals surface area contributed by atoms with Gasteiger partial charge in [-0.3, -0.25) is 0 Å². The third kappa shape index (κ3) is 3.28. The standard InChI is InChI=1S/C17H24N2O/c1-4-13(2)17(14-8-6-5-7-9-14)15(20)12-16-18-10-11-19(16)3/h5-11,13,15,17,20H,4,12H2,1-3H3. The number of aliphatic hydroxyl groups excluding tert-OH is 1. The number of hydrogen-bond donors (Lipinski definition) is 1. The van der Waals surface area contributed by atoms with Crippen molar-refractivity contribution in [3.05, 3.63) is 54.1 Å². The minimum absolute atomic E-state index is 0.151. The number of aliphatic hydroxyl groups is 1. The zero-order valence-corrected chi connectivity index (χ0v) is 12.5. The van der Waals surface area contributed by atoms with E-state index in [0.29, 0.717) is 12.3 Å². The molecule has 3 unspecified atom stereocenters. The maximum atomic E-state index is 10.7. The minimum atomic E-state index is -0.409. The SMILES string of the molecule is CCC(C)C(c1ccccc1)C(O)Cc1nccn1C. The molecule has 3 atom stereocenters. The van der Waals surface area contributed by atoms with Crippen LogP contribution in [-0.2, 0) is 13.5 Å². The molecule has 20 heavy (non-hydrogen) atoms. The molecule has 1 aromatic carbocycles. The summed E-state index contributed by atoms with van der Waals surface area (Å²) in [5, 5.41) is 10.7. The summed E-state index contributed by atoms with van der Waals surface area (Å²) in [5.41, 5.74) is 1.21. The highest BCUT2D eigenvalue weighted by atomic mass is 16.3. The van der Waals surface area contributed by atoms with E-state index in [1.165, 1.54) is 5.56 Å². The highest BCUT2D eigenvalue weighted by Gasteiger charge is 2.27. The molecule has 0 saturated carbocycles. The third-order valence-electron chi connectivity index (χ3n) is 4.17. The van der Waals surface area contributed by atoms with Gasteiger partial charge >= 0.3 is 0 Å². The van der Waals surface area contributed by atoms with E-state index < -0.39 is 6.10 Å². The first kappa shape index (κ1) is 14.8. The Morgan fingerprint density at radius 2 is 1.95 bits per heavy atom. The normalized spacial score (nSPS) is 15.8. The first-order valence-corrected chi connectivity index (χ1v) is 7.32. The second-order valence-corrected chi connectivity index (χ2v) is 5.55. The molecule has 0 bridgehead atoms. The highest BCUT2D eigenvalue weighted by molar-refractivity contribution is 5.22. The van der Waals surface area contributed by atoms with Gasteiger partial charge in [0.25, 0.3) is 0 Å². The summed E-state index contributed by atoms with van der Waals surface area (Å²) in [5.74, 6) is 1.52. The number of benzene rings is 1. The van der Waals surface area contributed by atoms with E-state index in [1.807, 2.05) is 36.0 Å². The summed E-state index contributed by atoms with van der Waals surface area (Å²) < 4.78 is 1.97. The largest absolute Gasteiger partial charge is 0.392 e. The van der Waals surface area contributed by atoms with Crippen LogP contribution in [0.4, 0.5) is 0 Å². The molecule has 0 spiro atoms. The van der Waals surface area contributed by atoms with Gasteiger partial charge in [0.05, 0.1) is 6.10 Å². The second kappa shape index (κ2) is 6.71. The third-order valence-corrected chi connectivity index (χ3v) is 4.17. The lowest BCUT2D eigenvalue weighted by molar-refractivity contribution is 0.114.